The maximum Gasteiger partial charge on any atom is 0.304 e. The quantitative estimate of drug-likeness (QED) is 0.909. The van der Waals surface area contributed by atoms with Crippen LogP contribution in [0.15, 0.2) is 15.9 Å². The molecular weight excluding hydrogens is 314 g/mol. The second-order valence-corrected chi connectivity index (χ2v) is 6.69. The van der Waals surface area contributed by atoms with Gasteiger partial charge in [-0.3, -0.25) is 9.69 Å². The van der Waals surface area contributed by atoms with E-state index in [1.54, 1.807) is 11.3 Å². The number of carboxylic acids is 1. The van der Waals surface area contributed by atoms with Crippen LogP contribution in [-0.2, 0) is 4.79 Å². The van der Waals surface area contributed by atoms with Crippen molar-refractivity contribution in [1.82, 2.24) is 4.90 Å². The Hall–Kier alpha value is -0.390. The van der Waals surface area contributed by atoms with Crippen LogP contribution in [0.1, 0.15) is 43.5 Å². The summed E-state index contributed by atoms with van der Waals surface area (Å²) in [5.74, 6) is -0.688. The van der Waals surface area contributed by atoms with Gasteiger partial charge in [-0.1, -0.05) is 6.42 Å². The molecule has 1 aromatic rings. The molecule has 0 aliphatic carbocycles. The highest BCUT2D eigenvalue weighted by atomic mass is 79.9. The molecule has 1 N–H and O–H groups in total. The van der Waals surface area contributed by atoms with E-state index in [1.165, 1.54) is 11.3 Å². The molecular formula is C13H18BrNO2S. The number of hydrogen-bond donors (Lipinski definition) is 1. The van der Waals surface area contributed by atoms with Crippen molar-refractivity contribution in [2.75, 3.05) is 6.54 Å². The Morgan fingerprint density at radius 3 is 3.06 bits per heavy atom. The van der Waals surface area contributed by atoms with Crippen molar-refractivity contribution in [3.05, 3.63) is 20.8 Å². The third kappa shape index (κ3) is 3.33. The number of carboxylic acid groups (broad SMARTS) is 1. The minimum atomic E-state index is -0.688. The average Bonchev–Trinajstić information content (AvgIpc) is 2.75. The van der Waals surface area contributed by atoms with Gasteiger partial charge in [-0.05, 0) is 48.3 Å². The topological polar surface area (TPSA) is 40.5 Å². The van der Waals surface area contributed by atoms with Gasteiger partial charge < -0.3 is 5.11 Å². The summed E-state index contributed by atoms with van der Waals surface area (Å²) in [6.07, 6.45) is 3.59. The zero-order valence-electron chi connectivity index (χ0n) is 10.4. The highest BCUT2D eigenvalue weighted by Crippen LogP contribution is 2.34. The van der Waals surface area contributed by atoms with E-state index in [0.29, 0.717) is 6.04 Å². The number of carbonyl (C=O) groups is 1. The fourth-order valence-corrected chi connectivity index (χ4v) is 4.19. The SMILES string of the molecule is CC(c1cc(Br)cs1)N1CCCCC1CC(=O)O. The number of thiophene rings is 1. The molecule has 3 nitrogen and oxygen atoms in total. The minimum absolute atomic E-state index is 0.187. The van der Waals surface area contributed by atoms with Gasteiger partial charge in [0.25, 0.3) is 0 Å². The van der Waals surface area contributed by atoms with Crippen molar-refractivity contribution in [2.24, 2.45) is 0 Å². The van der Waals surface area contributed by atoms with E-state index < -0.39 is 5.97 Å². The fraction of sp³-hybridized carbons (Fsp3) is 0.615. The molecule has 2 heterocycles. The van der Waals surface area contributed by atoms with E-state index >= 15 is 0 Å². The summed E-state index contributed by atoms with van der Waals surface area (Å²) in [5.41, 5.74) is 0. The Bertz CT molecular complexity index is 421. The zero-order valence-corrected chi connectivity index (χ0v) is 12.8. The van der Waals surface area contributed by atoms with Crippen LogP contribution >= 0.6 is 27.3 Å². The van der Waals surface area contributed by atoms with Crippen LogP contribution in [0.5, 0.6) is 0 Å². The first-order valence-electron chi connectivity index (χ1n) is 6.29. The molecule has 5 heteroatoms. The number of hydrogen-bond acceptors (Lipinski definition) is 3. The largest absolute Gasteiger partial charge is 0.481 e. The van der Waals surface area contributed by atoms with Crippen molar-refractivity contribution >= 4 is 33.2 Å². The Morgan fingerprint density at radius 2 is 2.44 bits per heavy atom. The van der Waals surface area contributed by atoms with Gasteiger partial charge in [0, 0.05) is 26.8 Å². The summed E-state index contributed by atoms with van der Waals surface area (Å²) in [6.45, 7) is 3.19. The first-order valence-corrected chi connectivity index (χ1v) is 7.96. The third-order valence-corrected chi connectivity index (χ3v) is 5.44. The Labute approximate surface area is 120 Å². The second-order valence-electron chi connectivity index (χ2n) is 4.83. The van der Waals surface area contributed by atoms with Gasteiger partial charge >= 0.3 is 5.97 Å². The predicted molar refractivity (Wildman–Crippen MR) is 77.0 cm³/mol. The fourth-order valence-electron chi connectivity index (χ4n) is 2.66. The molecule has 1 fully saturated rings. The molecule has 0 amide bonds. The van der Waals surface area contributed by atoms with E-state index in [1.807, 2.05) is 0 Å². The standard InChI is InChI=1S/C13H18BrNO2S/c1-9(12-6-10(14)8-18-12)15-5-3-2-4-11(15)7-13(16)17/h6,8-9,11H,2-5,7H2,1H3,(H,16,17). The third-order valence-electron chi connectivity index (χ3n) is 3.58. The smallest absolute Gasteiger partial charge is 0.304 e. The summed E-state index contributed by atoms with van der Waals surface area (Å²) >= 11 is 5.21. The summed E-state index contributed by atoms with van der Waals surface area (Å²) in [6, 6.07) is 2.64. The second kappa shape index (κ2) is 6.17. The number of piperidine rings is 1. The van der Waals surface area contributed by atoms with E-state index in [4.69, 9.17) is 5.11 Å². The predicted octanol–water partition coefficient (Wildman–Crippen LogP) is 3.90. The Kier molecular flexibility index (Phi) is 4.81. The highest BCUT2D eigenvalue weighted by Gasteiger charge is 2.29. The van der Waals surface area contributed by atoms with Gasteiger partial charge in [0.1, 0.15) is 0 Å². The lowest BCUT2D eigenvalue weighted by Gasteiger charge is -2.39. The molecule has 2 atom stereocenters. The summed E-state index contributed by atoms with van der Waals surface area (Å²) < 4.78 is 1.11. The van der Waals surface area contributed by atoms with Crippen LogP contribution in [0, 0.1) is 0 Å². The monoisotopic (exact) mass is 331 g/mol. The highest BCUT2D eigenvalue weighted by molar-refractivity contribution is 9.10. The maximum atomic E-state index is 10.9. The number of nitrogens with zero attached hydrogens (tertiary/aromatic N) is 1. The maximum absolute atomic E-state index is 10.9. The Balaban J connectivity index is 2.10. The lowest BCUT2D eigenvalue weighted by Crippen LogP contribution is -2.42. The van der Waals surface area contributed by atoms with Crippen LogP contribution in [-0.4, -0.2) is 28.6 Å². The van der Waals surface area contributed by atoms with Crippen molar-refractivity contribution in [2.45, 2.75) is 44.7 Å². The molecule has 0 bridgehead atoms. The van der Waals surface area contributed by atoms with Gasteiger partial charge in [-0.15, -0.1) is 11.3 Å². The molecule has 1 aromatic heterocycles. The van der Waals surface area contributed by atoms with Crippen molar-refractivity contribution in [3.63, 3.8) is 0 Å². The Morgan fingerprint density at radius 1 is 1.67 bits per heavy atom. The molecule has 1 saturated heterocycles. The molecule has 1 aliphatic heterocycles. The van der Waals surface area contributed by atoms with E-state index in [9.17, 15) is 4.79 Å². The van der Waals surface area contributed by atoms with Gasteiger partial charge in [0.15, 0.2) is 0 Å². The lowest BCUT2D eigenvalue weighted by molar-refractivity contribution is -0.139. The number of aliphatic carboxylic acids is 1. The molecule has 2 rings (SSSR count). The molecule has 2 unspecified atom stereocenters. The van der Waals surface area contributed by atoms with Crippen molar-refractivity contribution in [1.29, 1.82) is 0 Å². The van der Waals surface area contributed by atoms with Crippen LogP contribution in [0.4, 0.5) is 0 Å². The van der Waals surface area contributed by atoms with E-state index in [2.05, 4.69) is 39.2 Å². The molecule has 18 heavy (non-hydrogen) atoms. The van der Waals surface area contributed by atoms with Gasteiger partial charge in [-0.2, -0.15) is 0 Å². The van der Waals surface area contributed by atoms with Gasteiger partial charge in [-0.25, -0.2) is 0 Å². The van der Waals surface area contributed by atoms with Crippen molar-refractivity contribution in [3.8, 4) is 0 Å². The number of likely N-dealkylation sites (tertiary alicyclic amines) is 1. The van der Waals surface area contributed by atoms with Crippen LogP contribution < -0.4 is 0 Å². The first-order chi connectivity index (χ1) is 8.58. The normalized spacial score (nSPS) is 22.9. The lowest BCUT2D eigenvalue weighted by atomic mass is 9.97. The van der Waals surface area contributed by atoms with Crippen LogP contribution in [0.25, 0.3) is 0 Å². The van der Waals surface area contributed by atoms with Gasteiger partial charge in [0.2, 0.25) is 0 Å². The first kappa shape index (κ1) is 14.0. The number of halogens is 1. The van der Waals surface area contributed by atoms with Crippen molar-refractivity contribution < 1.29 is 9.90 Å². The summed E-state index contributed by atoms with van der Waals surface area (Å²) in [4.78, 5) is 14.6. The van der Waals surface area contributed by atoms with Crippen LogP contribution in [0.2, 0.25) is 0 Å². The molecule has 0 radical (unpaired) electrons. The number of rotatable bonds is 4. The van der Waals surface area contributed by atoms with E-state index in [-0.39, 0.29) is 12.5 Å². The summed E-state index contributed by atoms with van der Waals surface area (Å²) in [5, 5.41) is 11.1. The summed E-state index contributed by atoms with van der Waals surface area (Å²) in [7, 11) is 0. The van der Waals surface area contributed by atoms with Crippen LogP contribution in [0.3, 0.4) is 0 Å². The molecule has 100 valence electrons. The molecule has 0 spiro atoms. The van der Waals surface area contributed by atoms with E-state index in [0.717, 1.165) is 23.9 Å². The molecule has 0 aromatic carbocycles. The zero-order chi connectivity index (χ0) is 13.1. The van der Waals surface area contributed by atoms with Gasteiger partial charge in [0.05, 0.1) is 6.42 Å². The molecule has 1 aliphatic rings. The average molecular weight is 332 g/mol. The minimum Gasteiger partial charge on any atom is -0.481 e. The molecule has 0 saturated carbocycles.